The topological polar surface area (TPSA) is 118 Å². The summed E-state index contributed by atoms with van der Waals surface area (Å²) in [7, 11) is 0. The fourth-order valence-electron chi connectivity index (χ4n) is 4.22. The van der Waals surface area contributed by atoms with Gasteiger partial charge in [0.1, 0.15) is 23.5 Å². The van der Waals surface area contributed by atoms with E-state index in [9.17, 15) is 9.50 Å². The maximum atomic E-state index is 14.9. The van der Waals surface area contributed by atoms with Gasteiger partial charge in [0.15, 0.2) is 17.9 Å². The zero-order chi connectivity index (χ0) is 25.4. The average molecular weight is 514 g/mol. The highest BCUT2D eigenvalue weighted by Gasteiger charge is 2.36. The van der Waals surface area contributed by atoms with Crippen LogP contribution in [0.4, 0.5) is 4.39 Å². The van der Waals surface area contributed by atoms with Crippen LogP contribution in [0.5, 0.6) is 0 Å². The van der Waals surface area contributed by atoms with Crippen molar-refractivity contribution in [3.63, 3.8) is 0 Å². The molecule has 0 amide bonds. The molecular formula is C25H28FN5O4S. The molecule has 9 nitrogen and oxygen atoms in total. The minimum absolute atomic E-state index is 0.0759. The predicted molar refractivity (Wildman–Crippen MR) is 132 cm³/mol. The third-order valence-corrected chi connectivity index (χ3v) is 6.95. The van der Waals surface area contributed by atoms with E-state index in [2.05, 4.69) is 15.1 Å². The van der Waals surface area contributed by atoms with E-state index in [1.165, 1.54) is 22.1 Å². The maximum absolute atomic E-state index is 14.9. The molecule has 3 N–H and O–H groups in total. The molecule has 190 valence electrons. The van der Waals surface area contributed by atoms with E-state index >= 15 is 0 Å². The van der Waals surface area contributed by atoms with Gasteiger partial charge in [-0.3, -0.25) is 0 Å². The molecule has 3 heterocycles. The van der Waals surface area contributed by atoms with E-state index in [0.29, 0.717) is 27.6 Å². The molecule has 0 radical (unpaired) electrons. The molecule has 4 aromatic rings. The highest BCUT2D eigenvalue weighted by molar-refractivity contribution is 7.18. The summed E-state index contributed by atoms with van der Waals surface area (Å²) in [6.45, 7) is 5.60. The van der Waals surface area contributed by atoms with Crippen LogP contribution in [0.1, 0.15) is 41.5 Å². The monoisotopic (exact) mass is 513 g/mol. The lowest BCUT2D eigenvalue weighted by Crippen LogP contribution is -2.44. The number of halogens is 1. The SMILES string of the molecule is Cc1nc(C(OC2COC(c3ccccc3)OC2C)[C@@H](O)CN)n(-c2cc(F)c3nc(C)sc3c2)n1. The summed E-state index contributed by atoms with van der Waals surface area (Å²) in [5.74, 6) is 0.289. The van der Waals surface area contributed by atoms with Crippen molar-refractivity contribution >= 4 is 21.6 Å². The van der Waals surface area contributed by atoms with Gasteiger partial charge in [0.2, 0.25) is 0 Å². The second-order valence-corrected chi connectivity index (χ2v) is 9.99. The van der Waals surface area contributed by atoms with E-state index < -0.39 is 30.4 Å². The van der Waals surface area contributed by atoms with E-state index in [0.717, 1.165) is 10.6 Å². The molecule has 36 heavy (non-hydrogen) atoms. The van der Waals surface area contributed by atoms with Crippen LogP contribution in [0, 0.1) is 19.7 Å². The Bertz CT molecular complexity index is 1350. The van der Waals surface area contributed by atoms with Gasteiger partial charge in [-0.1, -0.05) is 30.3 Å². The Morgan fingerprint density at radius 1 is 1.25 bits per heavy atom. The molecule has 0 spiro atoms. The van der Waals surface area contributed by atoms with Crippen LogP contribution in [-0.2, 0) is 14.2 Å². The summed E-state index contributed by atoms with van der Waals surface area (Å²) in [6, 6.07) is 12.8. The Morgan fingerprint density at radius 3 is 2.75 bits per heavy atom. The number of nitrogens with zero attached hydrogens (tertiary/aromatic N) is 4. The molecule has 5 rings (SSSR count). The first-order valence-corrected chi connectivity index (χ1v) is 12.5. The van der Waals surface area contributed by atoms with E-state index in [1.807, 2.05) is 44.2 Å². The fraction of sp³-hybridized carbons (Fsp3) is 0.400. The Balaban J connectivity index is 1.44. The molecule has 2 aromatic carbocycles. The quantitative estimate of drug-likeness (QED) is 0.386. The summed E-state index contributed by atoms with van der Waals surface area (Å²) < 4.78 is 35.3. The van der Waals surface area contributed by atoms with Crippen molar-refractivity contribution in [2.45, 2.75) is 51.5 Å². The highest BCUT2D eigenvalue weighted by Crippen LogP contribution is 2.33. The molecule has 5 atom stereocenters. The molecule has 4 unspecified atom stereocenters. The molecule has 1 fully saturated rings. The smallest absolute Gasteiger partial charge is 0.184 e. The number of fused-ring (bicyclic) bond motifs is 1. The Morgan fingerprint density at radius 2 is 2.03 bits per heavy atom. The average Bonchev–Trinajstić information content (AvgIpc) is 3.45. The van der Waals surface area contributed by atoms with E-state index in [4.69, 9.17) is 19.9 Å². The molecule has 0 aliphatic carbocycles. The zero-order valence-electron chi connectivity index (χ0n) is 20.2. The normalized spacial score (nSPS) is 22.1. The third kappa shape index (κ3) is 4.90. The number of hydrogen-bond acceptors (Lipinski definition) is 9. The lowest BCUT2D eigenvalue weighted by atomic mass is 10.1. The number of aromatic nitrogens is 4. The lowest BCUT2D eigenvalue weighted by Gasteiger charge is -2.37. The van der Waals surface area contributed by atoms with Crippen LogP contribution in [0.3, 0.4) is 0 Å². The van der Waals surface area contributed by atoms with Crippen molar-refractivity contribution in [3.8, 4) is 5.69 Å². The zero-order valence-corrected chi connectivity index (χ0v) is 21.0. The van der Waals surface area contributed by atoms with Crippen molar-refractivity contribution in [2.24, 2.45) is 5.73 Å². The first-order chi connectivity index (χ1) is 17.3. The number of hydrogen-bond donors (Lipinski definition) is 2. The fourth-order valence-corrected chi connectivity index (χ4v) is 5.10. The third-order valence-electron chi connectivity index (χ3n) is 6.04. The van der Waals surface area contributed by atoms with E-state index in [1.54, 1.807) is 13.0 Å². The van der Waals surface area contributed by atoms with Gasteiger partial charge < -0.3 is 25.1 Å². The Hall–Kier alpha value is -2.80. The molecule has 2 aromatic heterocycles. The summed E-state index contributed by atoms with van der Waals surface area (Å²) in [5.41, 5.74) is 7.50. The molecule has 1 aliphatic rings. The number of benzene rings is 2. The van der Waals surface area contributed by atoms with Crippen molar-refractivity contribution in [1.29, 1.82) is 0 Å². The van der Waals surface area contributed by atoms with Crippen LogP contribution >= 0.6 is 11.3 Å². The summed E-state index contributed by atoms with van der Waals surface area (Å²) in [4.78, 5) is 8.77. The number of rotatable bonds is 7. The minimum Gasteiger partial charge on any atom is -0.389 e. The van der Waals surface area contributed by atoms with Gasteiger partial charge in [0, 0.05) is 18.2 Å². The van der Waals surface area contributed by atoms with Crippen LogP contribution in [0.15, 0.2) is 42.5 Å². The van der Waals surface area contributed by atoms with Gasteiger partial charge in [-0.05, 0) is 26.8 Å². The van der Waals surface area contributed by atoms with Crippen molar-refractivity contribution in [1.82, 2.24) is 19.7 Å². The molecule has 0 saturated carbocycles. The summed E-state index contributed by atoms with van der Waals surface area (Å²) >= 11 is 1.39. The van der Waals surface area contributed by atoms with Gasteiger partial charge >= 0.3 is 0 Å². The Kier molecular flexibility index (Phi) is 7.11. The first kappa shape index (κ1) is 24.9. The van der Waals surface area contributed by atoms with Gasteiger partial charge in [0.05, 0.1) is 34.2 Å². The molecule has 11 heteroatoms. The van der Waals surface area contributed by atoms with E-state index in [-0.39, 0.29) is 19.3 Å². The van der Waals surface area contributed by atoms with Crippen molar-refractivity contribution < 1.29 is 23.7 Å². The van der Waals surface area contributed by atoms with Gasteiger partial charge in [-0.2, -0.15) is 5.10 Å². The maximum Gasteiger partial charge on any atom is 0.184 e. The number of ether oxygens (including phenoxy) is 3. The van der Waals surface area contributed by atoms with Gasteiger partial charge in [-0.25, -0.2) is 19.0 Å². The second-order valence-electron chi connectivity index (χ2n) is 8.75. The first-order valence-electron chi connectivity index (χ1n) is 11.7. The minimum atomic E-state index is -1.09. The second kappa shape index (κ2) is 10.3. The molecular weight excluding hydrogens is 485 g/mol. The number of thiazole rings is 1. The number of nitrogens with two attached hydrogens (primary N) is 1. The standard InChI is InChI=1S/C25H28FN5O4S/c1-13-20(12-33-25(34-13)16-7-5-4-6-8-16)35-23(19(32)11-27)24-28-14(2)30-31(24)17-9-18(26)22-21(10-17)36-15(3)29-22/h4-10,13,19-20,23,25,32H,11-12,27H2,1-3H3/t13?,19-,20?,23?,25?/m0/s1. The van der Waals surface area contributed by atoms with Crippen LogP contribution in [-0.4, -0.2) is 56.3 Å². The number of aliphatic hydroxyl groups is 1. The molecule has 0 bridgehead atoms. The number of aryl methyl sites for hydroxylation is 2. The van der Waals surface area contributed by atoms with Gasteiger partial charge in [0.25, 0.3) is 0 Å². The Labute approximate surface area is 211 Å². The molecule has 1 aliphatic heterocycles. The lowest BCUT2D eigenvalue weighted by molar-refractivity contribution is -0.274. The molecule has 1 saturated heterocycles. The summed E-state index contributed by atoms with van der Waals surface area (Å²) in [5, 5.41) is 16.1. The highest BCUT2D eigenvalue weighted by atomic mass is 32.1. The number of aliphatic hydroxyl groups excluding tert-OH is 1. The van der Waals surface area contributed by atoms with Crippen LogP contribution in [0.25, 0.3) is 15.9 Å². The summed E-state index contributed by atoms with van der Waals surface area (Å²) in [6.07, 6.45) is -3.41. The largest absolute Gasteiger partial charge is 0.389 e. The van der Waals surface area contributed by atoms with Crippen molar-refractivity contribution in [2.75, 3.05) is 13.2 Å². The predicted octanol–water partition coefficient (Wildman–Crippen LogP) is 3.51. The van der Waals surface area contributed by atoms with Crippen LogP contribution in [0.2, 0.25) is 0 Å². The van der Waals surface area contributed by atoms with Crippen molar-refractivity contribution in [3.05, 3.63) is 70.5 Å². The van der Waals surface area contributed by atoms with Gasteiger partial charge in [-0.15, -0.1) is 11.3 Å². The van der Waals surface area contributed by atoms with Crippen LogP contribution < -0.4 is 5.73 Å².